The number of rotatable bonds is 8. The zero-order chi connectivity index (χ0) is 27.1. The number of carbonyl (C=O) groups is 1. The van der Waals surface area contributed by atoms with Crippen LogP contribution in [0.4, 0.5) is 5.69 Å². The topological polar surface area (TPSA) is 140 Å². The lowest BCUT2D eigenvalue weighted by Gasteiger charge is -2.03. The van der Waals surface area contributed by atoms with Crippen molar-refractivity contribution in [2.45, 2.75) is 13.8 Å². The number of nitrogens with zero attached hydrogens (tertiary/aromatic N) is 2. The van der Waals surface area contributed by atoms with E-state index in [9.17, 15) is 4.79 Å². The van der Waals surface area contributed by atoms with Crippen LogP contribution in [-0.2, 0) is 10.4 Å². The Morgan fingerprint density at radius 3 is 1.62 bits per heavy atom. The third kappa shape index (κ3) is 13.3. The molecule has 0 aromatic heterocycles. The highest BCUT2D eigenvalue weighted by Gasteiger charge is 2.03. The molecule has 0 aliphatic rings. The monoisotopic (exact) mass is 520 g/mol. The van der Waals surface area contributed by atoms with Crippen LogP contribution in [0, 0.1) is 0 Å². The van der Waals surface area contributed by atoms with E-state index in [1.165, 1.54) is 0 Å². The van der Waals surface area contributed by atoms with Gasteiger partial charge in [-0.05, 0) is 60.4 Å². The molecule has 0 atom stereocenters. The highest BCUT2D eigenvalue weighted by molar-refractivity contribution is 7.79. The van der Waals surface area contributed by atoms with Crippen LogP contribution in [0.5, 0.6) is 0 Å². The maximum absolute atomic E-state index is 12.3. The largest absolute Gasteiger partial charge is 0.394 e. The molecule has 0 aliphatic heterocycles. The SMILES string of the molecule is CC(C=NNC(=O)c1ccc(NN=CC(C)=Cc2ccccc2)cc1)=Cc1ccccc1.O=S(=O)(O)O. The molecule has 9 nitrogen and oxygen atoms in total. The van der Waals surface area contributed by atoms with E-state index in [1.807, 2.05) is 80.6 Å². The quantitative estimate of drug-likeness (QED) is 0.179. The van der Waals surface area contributed by atoms with Crippen molar-refractivity contribution in [1.82, 2.24) is 5.43 Å². The average molecular weight is 521 g/mol. The summed E-state index contributed by atoms with van der Waals surface area (Å²) in [4.78, 5) is 12.3. The predicted octanol–water partition coefficient (Wildman–Crippen LogP) is 5.35. The van der Waals surface area contributed by atoms with E-state index in [1.54, 1.807) is 36.7 Å². The average Bonchev–Trinajstić information content (AvgIpc) is 2.84. The Labute approximate surface area is 216 Å². The fraction of sp³-hybridized carbons (Fsp3) is 0.0741. The highest BCUT2D eigenvalue weighted by Crippen LogP contribution is 2.10. The molecular weight excluding hydrogens is 492 g/mol. The Bertz CT molecular complexity index is 1360. The van der Waals surface area contributed by atoms with Crippen molar-refractivity contribution < 1.29 is 22.3 Å². The van der Waals surface area contributed by atoms with Gasteiger partial charge < -0.3 is 0 Å². The number of hydrogen-bond acceptors (Lipinski definition) is 6. The van der Waals surface area contributed by atoms with Crippen molar-refractivity contribution in [3.8, 4) is 0 Å². The Hall–Kier alpha value is -4.38. The first-order valence-electron chi connectivity index (χ1n) is 11.0. The van der Waals surface area contributed by atoms with E-state index < -0.39 is 10.4 Å². The molecule has 0 bridgehead atoms. The summed E-state index contributed by atoms with van der Waals surface area (Å²) >= 11 is 0. The van der Waals surface area contributed by atoms with Gasteiger partial charge >= 0.3 is 10.4 Å². The van der Waals surface area contributed by atoms with Crippen molar-refractivity contribution in [3.63, 3.8) is 0 Å². The number of nitrogens with one attached hydrogen (secondary N) is 2. The summed E-state index contributed by atoms with van der Waals surface area (Å²) in [6.07, 6.45) is 7.43. The molecule has 0 aliphatic carbocycles. The zero-order valence-electron chi connectivity index (χ0n) is 20.3. The molecule has 3 aromatic carbocycles. The van der Waals surface area contributed by atoms with Crippen LogP contribution in [0.15, 0.2) is 106 Å². The third-order valence-electron chi connectivity index (χ3n) is 4.43. The first-order chi connectivity index (χ1) is 17.6. The highest BCUT2D eigenvalue weighted by atomic mass is 32.3. The molecule has 0 unspecified atom stereocenters. The molecule has 10 heteroatoms. The summed E-state index contributed by atoms with van der Waals surface area (Å²) in [7, 11) is -4.67. The standard InChI is InChI=1S/C27H26N4O.H2O4S/c1-21(17-23-9-5-3-6-10-23)19-28-30-26-15-13-25(14-16-26)27(32)31-29-20-22(2)18-24-11-7-4-8-12-24;1-5(2,3)4/h3-20,30H,1-2H3,(H,31,32);(H2,1,2,3,4). The van der Waals surface area contributed by atoms with E-state index in [4.69, 9.17) is 17.5 Å². The summed E-state index contributed by atoms with van der Waals surface area (Å²) in [5.74, 6) is -0.273. The molecule has 1 amide bonds. The zero-order valence-corrected chi connectivity index (χ0v) is 21.1. The Morgan fingerprint density at radius 1 is 0.730 bits per heavy atom. The second-order valence-electron chi connectivity index (χ2n) is 7.69. The molecule has 0 fully saturated rings. The Kier molecular flexibility index (Phi) is 11.6. The van der Waals surface area contributed by atoms with Gasteiger partial charge in [0, 0.05) is 5.56 Å². The molecule has 0 spiro atoms. The van der Waals surface area contributed by atoms with Gasteiger partial charge in [-0.1, -0.05) is 72.8 Å². The number of hydrazone groups is 2. The number of benzene rings is 3. The van der Waals surface area contributed by atoms with Gasteiger partial charge in [-0.3, -0.25) is 19.3 Å². The molecule has 3 aromatic rings. The van der Waals surface area contributed by atoms with Gasteiger partial charge in [-0.25, -0.2) is 5.43 Å². The van der Waals surface area contributed by atoms with Crippen LogP contribution in [0.25, 0.3) is 12.2 Å². The summed E-state index contributed by atoms with van der Waals surface area (Å²) in [6.45, 7) is 3.92. The van der Waals surface area contributed by atoms with Gasteiger partial charge in [-0.2, -0.15) is 18.6 Å². The van der Waals surface area contributed by atoms with Crippen LogP contribution in [-0.4, -0.2) is 35.9 Å². The number of anilines is 1. The van der Waals surface area contributed by atoms with E-state index in [2.05, 4.69) is 27.1 Å². The molecule has 0 saturated carbocycles. The molecule has 0 saturated heterocycles. The fourth-order valence-electron chi connectivity index (χ4n) is 2.86. The Balaban J connectivity index is 0.000000877. The molecule has 3 rings (SSSR count). The molecule has 0 radical (unpaired) electrons. The van der Waals surface area contributed by atoms with E-state index in [0.717, 1.165) is 28.0 Å². The first kappa shape index (κ1) is 28.9. The normalized spacial score (nSPS) is 12.2. The van der Waals surface area contributed by atoms with Crippen LogP contribution in [0.3, 0.4) is 0 Å². The van der Waals surface area contributed by atoms with Crippen molar-refractivity contribution in [1.29, 1.82) is 0 Å². The first-order valence-corrected chi connectivity index (χ1v) is 12.4. The lowest BCUT2D eigenvalue weighted by Crippen LogP contribution is -2.17. The summed E-state index contributed by atoms with van der Waals surface area (Å²) in [6, 6.07) is 27.1. The predicted molar refractivity (Wildman–Crippen MR) is 149 cm³/mol. The van der Waals surface area contributed by atoms with Gasteiger partial charge in [0.2, 0.25) is 0 Å². The van der Waals surface area contributed by atoms with Crippen molar-refractivity contribution in [3.05, 3.63) is 113 Å². The summed E-state index contributed by atoms with van der Waals surface area (Å²) in [5, 5.41) is 8.27. The summed E-state index contributed by atoms with van der Waals surface area (Å²) < 4.78 is 31.6. The van der Waals surface area contributed by atoms with Crippen LogP contribution in [0.2, 0.25) is 0 Å². The minimum atomic E-state index is -4.67. The van der Waals surface area contributed by atoms with E-state index in [-0.39, 0.29) is 5.91 Å². The van der Waals surface area contributed by atoms with E-state index >= 15 is 0 Å². The lowest BCUT2D eigenvalue weighted by atomic mass is 10.1. The minimum absolute atomic E-state index is 0.273. The number of amides is 1. The lowest BCUT2D eigenvalue weighted by molar-refractivity contribution is 0.0955. The molecule has 192 valence electrons. The van der Waals surface area contributed by atoms with Gasteiger partial charge in [0.1, 0.15) is 0 Å². The smallest absolute Gasteiger partial charge is 0.279 e. The second-order valence-corrected chi connectivity index (χ2v) is 8.59. The fourth-order valence-corrected chi connectivity index (χ4v) is 2.86. The van der Waals surface area contributed by atoms with Gasteiger partial charge in [0.05, 0.1) is 18.1 Å². The van der Waals surface area contributed by atoms with E-state index in [0.29, 0.717) is 5.56 Å². The van der Waals surface area contributed by atoms with Crippen LogP contribution < -0.4 is 10.9 Å². The Morgan fingerprint density at radius 2 is 1.16 bits per heavy atom. The van der Waals surface area contributed by atoms with Gasteiger partial charge in [-0.15, -0.1) is 0 Å². The van der Waals surface area contributed by atoms with Crippen LogP contribution >= 0.6 is 0 Å². The maximum atomic E-state index is 12.3. The molecular formula is C27H28N4O5S. The number of hydrogen-bond donors (Lipinski definition) is 4. The van der Waals surface area contributed by atoms with Crippen LogP contribution in [0.1, 0.15) is 35.3 Å². The molecule has 37 heavy (non-hydrogen) atoms. The van der Waals surface area contributed by atoms with Gasteiger partial charge in [0.25, 0.3) is 5.91 Å². The summed E-state index contributed by atoms with van der Waals surface area (Å²) in [5.41, 5.74) is 11.0. The molecule has 0 heterocycles. The third-order valence-corrected chi connectivity index (χ3v) is 4.43. The molecule has 4 N–H and O–H groups in total. The van der Waals surface area contributed by atoms with Crippen molar-refractivity contribution in [2.24, 2.45) is 10.2 Å². The second kappa shape index (κ2) is 14.9. The minimum Gasteiger partial charge on any atom is -0.279 e. The van der Waals surface area contributed by atoms with Crippen molar-refractivity contribution in [2.75, 3.05) is 5.43 Å². The number of carbonyl (C=O) groups excluding carboxylic acids is 1. The maximum Gasteiger partial charge on any atom is 0.394 e. The van der Waals surface area contributed by atoms with Gasteiger partial charge in [0.15, 0.2) is 0 Å². The number of allylic oxidation sites excluding steroid dienone is 2. The van der Waals surface area contributed by atoms with Crippen molar-refractivity contribution >= 4 is 46.6 Å².